The summed E-state index contributed by atoms with van der Waals surface area (Å²) in [4.78, 5) is 31.0. The number of primary amides is 1. The van der Waals surface area contributed by atoms with Crippen molar-refractivity contribution >= 4 is 16.8 Å². The van der Waals surface area contributed by atoms with Gasteiger partial charge in [0.05, 0.1) is 10.9 Å². The summed E-state index contributed by atoms with van der Waals surface area (Å²) in [7, 11) is 0. The highest BCUT2D eigenvalue weighted by Gasteiger charge is 2.49. The van der Waals surface area contributed by atoms with Gasteiger partial charge in [-0.3, -0.25) is 14.6 Å². The maximum absolute atomic E-state index is 14.2. The van der Waals surface area contributed by atoms with E-state index in [0.717, 1.165) is 0 Å². The summed E-state index contributed by atoms with van der Waals surface area (Å²) in [6.07, 6.45) is 0.789. The lowest BCUT2D eigenvalue weighted by Crippen LogP contribution is -2.39. The summed E-state index contributed by atoms with van der Waals surface area (Å²) in [5, 5.41) is 0.0153. The van der Waals surface area contributed by atoms with Crippen molar-refractivity contribution in [3.63, 3.8) is 0 Å². The van der Waals surface area contributed by atoms with Gasteiger partial charge in [-0.2, -0.15) is 0 Å². The Balaban J connectivity index is 1.70. The van der Waals surface area contributed by atoms with Crippen LogP contribution in [0.5, 0.6) is 0 Å². The number of alkyl halides is 4. The average Bonchev–Trinajstić information content (AvgIpc) is 2.60. The number of H-pyrrole nitrogens is 1. The van der Waals surface area contributed by atoms with Crippen molar-refractivity contribution in [3.8, 4) is 0 Å². The van der Waals surface area contributed by atoms with Gasteiger partial charge in [0.2, 0.25) is 11.8 Å². The van der Waals surface area contributed by atoms with Crippen molar-refractivity contribution in [2.24, 2.45) is 17.6 Å². The number of aromatic nitrogens is 2. The highest BCUT2D eigenvalue weighted by atomic mass is 19.3. The van der Waals surface area contributed by atoms with E-state index < -0.39 is 35.5 Å². The number of nitrogens with one attached hydrogen (secondary N) is 1. The van der Waals surface area contributed by atoms with E-state index in [9.17, 15) is 27.2 Å². The normalized spacial score (nSPS) is 26.2. The molecule has 2 fully saturated rings. The summed E-state index contributed by atoms with van der Waals surface area (Å²) in [6.45, 7) is 0. The number of amides is 1. The van der Waals surface area contributed by atoms with Gasteiger partial charge in [0.15, 0.2) is 5.43 Å². The molecule has 2 saturated carbocycles. The summed E-state index contributed by atoms with van der Waals surface area (Å²) < 4.78 is 54.8. The highest BCUT2D eigenvalue weighted by Crippen LogP contribution is 2.51. The number of nitrogens with zero attached hydrogens (tertiary/aromatic N) is 1. The van der Waals surface area contributed by atoms with Crippen molar-refractivity contribution in [1.82, 2.24) is 9.97 Å². The van der Waals surface area contributed by atoms with E-state index in [1.54, 1.807) is 0 Å². The van der Waals surface area contributed by atoms with Crippen molar-refractivity contribution in [2.45, 2.75) is 56.3 Å². The van der Waals surface area contributed by atoms with Crippen molar-refractivity contribution in [1.29, 1.82) is 0 Å². The molecule has 5 nitrogen and oxygen atoms in total. The van der Waals surface area contributed by atoms with Gasteiger partial charge >= 0.3 is 0 Å². The molecule has 0 aliphatic heterocycles. The Morgan fingerprint density at radius 2 is 1.93 bits per heavy atom. The van der Waals surface area contributed by atoms with Crippen LogP contribution < -0.4 is 11.2 Å². The zero-order valence-corrected chi connectivity index (χ0v) is 15.6. The number of hydrogen-bond acceptors (Lipinski definition) is 3. The number of nitrogens with two attached hydrogens (primary N) is 1. The minimum Gasteiger partial charge on any atom is -0.364 e. The first kappa shape index (κ1) is 19.8. The van der Waals surface area contributed by atoms with E-state index >= 15 is 0 Å². The highest BCUT2D eigenvalue weighted by molar-refractivity contribution is 6.03. The van der Waals surface area contributed by atoms with E-state index in [1.807, 2.05) is 0 Å². The van der Waals surface area contributed by atoms with Gasteiger partial charge in [0.25, 0.3) is 5.91 Å². The Labute approximate surface area is 163 Å². The molecule has 0 bridgehead atoms. The first-order valence-corrected chi connectivity index (χ1v) is 9.62. The first-order chi connectivity index (χ1) is 13.5. The molecule has 3 N–H and O–H groups in total. The molecule has 2 aliphatic rings. The van der Waals surface area contributed by atoms with Gasteiger partial charge in [0.1, 0.15) is 5.69 Å². The fraction of sp³-hybridized carbons (Fsp3) is 0.550. The standard InChI is InChI=1S/C20H21F4N3O2/c21-19(22)3-1-11(5-10-7-20(23,24)8-10)12(9-19)14-6-15(28)16-13(27-14)2-4-26-17(16)18(25)29/h2,4,6,10-12H,1,3,5,7-9H2,(H2,25,29)(H,27,28)/t11-,12?/m1/s1. The molecule has 29 heavy (non-hydrogen) atoms. The second-order valence-corrected chi connectivity index (χ2v) is 8.37. The van der Waals surface area contributed by atoms with Crippen LogP contribution in [0.25, 0.3) is 10.9 Å². The van der Waals surface area contributed by atoms with Crippen LogP contribution in [0.3, 0.4) is 0 Å². The molecule has 0 aromatic carbocycles. The second-order valence-electron chi connectivity index (χ2n) is 8.37. The van der Waals surface area contributed by atoms with Crippen LogP contribution in [0.2, 0.25) is 0 Å². The van der Waals surface area contributed by atoms with E-state index in [1.165, 1.54) is 18.3 Å². The third kappa shape index (κ3) is 3.86. The molecule has 156 valence electrons. The fourth-order valence-electron chi connectivity index (χ4n) is 4.82. The molecular formula is C20H21F4N3O2. The zero-order valence-electron chi connectivity index (χ0n) is 15.6. The maximum Gasteiger partial charge on any atom is 0.268 e. The van der Waals surface area contributed by atoms with E-state index in [-0.39, 0.29) is 48.6 Å². The van der Waals surface area contributed by atoms with E-state index in [4.69, 9.17) is 5.73 Å². The Morgan fingerprint density at radius 3 is 2.59 bits per heavy atom. The zero-order chi connectivity index (χ0) is 21.0. The molecule has 1 unspecified atom stereocenters. The topological polar surface area (TPSA) is 88.8 Å². The molecule has 4 rings (SSSR count). The average molecular weight is 411 g/mol. The van der Waals surface area contributed by atoms with Crippen LogP contribution >= 0.6 is 0 Å². The van der Waals surface area contributed by atoms with Gasteiger partial charge in [0, 0.05) is 49.6 Å². The van der Waals surface area contributed by atoms with E-state index in [2.05, 4.69) is 9.97 Å². The SMILES string of the molecule is NC(=O)c1nccc2[nH]c(C3CC(F)(F)CC[C@@H]3CC3CC(F)(F)C3)cc(=O)c12. The smallest absolute Gasteiger partial charge is 0.268 e. The molecule has 2 heterocycles. The fourth-order valence-corrected chi connectivity index (χ4v) is 4.82. The van der Waals surface area contributed by atoms with Crippen LogP contribution in [0, 0.1) is 11.8 Å². The van der Waals surface area contributed by atoms with Crippen LogP contribution in [0.1, 0.15) is 60.6 Å². The number of hydrogen-bond donors (Lipinski definition) is 2. The predicted octanol–water partition coefficient (Wildman–Crippen LogP) is 3.98. The summed E-state index contributed by atoms with van der Waals surface area (Å²) in [6, 6.07) is 2.69. The Hall–Kier alpha value is -2.45. The number of carbonyl (C=O) groups excluding carboxylic acids is 1. The number of rotatable bonds is 4. The van der Waals surface area contributed by atoms with Crippen LogP contribution in [0.4, 0.5) is 17.6 Å². The lowest BCUT2D eigenvalue weighted by Gasteiger charge is -2.42. The number of fused-ring (bicyclic) bond motifs is 1. The third-order valence-electron chi connectivity index (χ3n) is 6.18. The monoisotopic (exact) mass is 411 g/mol. The number of halogens is 4. The molecule has 0 saturated heterocycles. The second kappa shape index (κ2) is 6.81. The van der Waals surface area contributed by atoms with Crippen LogP contribution in [-0.4, -0.2) is 27.7 Å². The van der Waals surface area contributed by atoms with Crippen LogP contribution in [0.15, 0.2) is 23.1 Å². The Morgan fingerprint density at radius 1 is 1.21 bits per heavy atom. The molecule has 2 aliphatic carbocycles. The number of carbonyl (C=O) groups is 1. The molecule has 1 amide bonds. The third-order valence-corrected chi connectivity index (χ3v) is 6.18. The lowest BCUT2D eigenvalue weighted by atomic mass is 9.67. The van der Waals surface area contributed by atoms with Gasteiger partial charge in [-0.1, -0.05) is 0 Å². The lowest BCUT2D eigenvalue weighted by molar-refractivity contribution is -0.121. The minimum atomic E-state index is -2.88. The van der Waals surface area contributed by atoms with Crippen LogP contribution in [-0.2, 0) is 0 Å². The van der Waals surface area contributed by atoms with E-state index in [0.29, 0.717) is 17.6 Å². The number of aromatic amines is 1. The Bertz CT molecular complexity index is 1010. The molecule has 2 atom stereocenters. The van der Waals surface area contributed by atoms with Gasteiger partial charge in [-0.25, -0.2) is 17.6 Å². The first-order valence-electron chi connectivity index (χ1n) is 9.62. The molecular weight excluding hydrogens is 390 g/mol. The molecule has 2 aromatic rings. The molecule has 0 spiro atoms. The predicted molar refractivity (Wildman–Crippen MR) is 98.2 cm³/mol. The maximum atomic E-state index is 14.2. The summed E-state index contributed by atoms with van der Waals surface area (Å²) >= 11 is 0. The largest absolute Gasteiger partial charge is 0.364 e. The van der Waals surface area contributed by atoms with Gasteiger partial charge in [-0.15, -0.1) is 0 Å². The van der Waals surface area contributed by atoms with Gasteiger partial charge < -0.3 is 10.7 Å². The van der Waals surface area contributed by atoms with Gasteiger partial charge in [-0.05, 0) is 30.7 Å². The molecule has 2 aromatic heterocycles. The minimum absolute atomic E-state index is 0.0153. The summed E-state index contributed by atoms with van der Waals surface area (Å²) in [5.41, 5.74) is 5.18. The number of pyridine rings is 2. The Kier molecular flexibility index (Phi) is 4.66. The quantitative estimate of drug-likeness (QED) is 0.746. The van der Waals surface area contributed by atoms with Crippen molar-refractivity contribution in [3.05, 3.63) is 39.9 Å². The molecule has 0 radical (unpaired) electrons. The van der Waals surface area contributed by atoms with Crippen molar-refractivity contribution in [2.75, 3.05) is 0 Å². The summed E-state index contributed by atoms with van der Waals surface area (Å²) in [5.74, 6) is -7.47. The van der Waals surface area contributed by atoms with Crippen molar-refractivity contribution < 1.29 is 22.4 Å². The molecule has 9 heteroatoms.